The van der Waals surface area contributed by atoms with E-state index < -0.39 is 0 Å². The summed E-state index contributed by atoms with van der Waals surface area (Å²) in [6, 6.07) is 7.45. The van der Waals surface area contributed by atoms with E-state index in [2.05, 4.69) is 35.8 Å². The van der Waals surface area contributed by atoms with Crippen molar-refractivity contribution in [2.24, 2.45) is 0 Å². The van der Waals surface area contributed by atoms with Crippen LogP contribution in [0.25, 0.3) is 0 Å². The zero-order valence-electron chi connectivity index (χ0n) is 9.22. The molecule has 0 saturated carbocycles. The topological polar surface area (TPSA) is 24.1 Å². The Bertz CT molecular complexity index is 373. The molecule has 2 atom stereocenters. The largest absolute Gasteiger partial charge is 0.381 e. The lowest BCUT2D eigenvalue weighted by Crippen LogP contribution is -2.25. The fraction of sp³-hybridized carbons (Fsp3) is 0.538. The Hall–Kier alpha value is -1.02. The molecule has 2 aliphatic heterocycles. The summed E-state index contributed by atoms with van der Waals surface area (Å²) in [5.74, 6) is 0.683. The van der Waals surface area contributed by atoms with Gasteiger partial charge in [-0.2, -0.15) is 0 Å². The van der Waals surface area contributed by atoms with Gasteiger partial charge in [-0.05, 0) is 37.9 Å². The smallest absolute Gasteiger partial charge is 0.0379 e. The lowest BCUT2D eigenvalue weighted by molar-refractivity contribution is 0.580. The van der Waals surface area contributed by atoms with E-state index >= 15 is 0 Å². The van der Waals surface area contributed by atoms with Crippen molar-refractivity contribution in [1.29, 1.82) is 0 Å². The summed E-state index contributed by atoms with van der Waals surface area (Å²) in [4.78, 5) is 0. The van der Waals surface area contributed by atoms with Crippen LogP contribution in [0.15, 0.2) is 18.2 Å². The minimum absolute atomic E-state index is 0.664. The van der Waals surface area contributed by atoms with Gasteiger partial charge in [0.05, 0.1) is 0 Å². The Labute approximate surface area is 91.1 Å². The molecule has 0 aliphatic carbocycles. The van der Waals surface area contributed by atoms with Crippen LogP contribution in [0.1, 0.15) is 29.9 Å². The lowest BCUT2D eigenvalue weighted by atomic mass is 9.93. The Balaban J connectivity index is 1.98. The number of rotatable bonds is 0. The number of aryl methyl sites for hydroxylation is 1. The van der Waals surface area contributed by atoms with Crippen LogP contribution in [0, 0.1) is 6.92 Å². The van der Waals surface area contributed by atoms with E-state index in [1.54, 1.807) is 0 Å². The van der Waals surface area contributed by atoms with Gasteiger partial charge in [-0.15, -0.1) is 0 Å². The highest BCUT2D eigenvalue weighted by molar-refractivity contribution is 5.60. The number of hydrogen-bond acceptors (Lipinski definition) is 2. The monoisotopic (exact) mass is 202 g/mol. The third-order valence-electron chi connectivity index (χ3n) is 3.67. The fourth-order valence-corrected chi connectivity index (χ4v) is 2.87. The average molecular weight is 202 g/mol. The summed E-state index contributed by atoms with van der Waals surface area (Å²) >= 11 is 0. The van der Waals surface area contributed by atoms with Crippen molar-refractivity contribution < 1.29 is 0 Å². The van der Waals surface area contributed by atoms with Crippen molar-refractivity contribution in [2.75, 3.05) is 18.4 Å². The van der Waals surface area contributed by atoms with Gasteiger partial charge in [-0.25, -0.2) is 0 Å². The number of anilines is 1. The van der Waals surface area contributed by atoms with Crippen molar-refractivity contribution in [2.45, 2.75) is 31.7 Å². The summed E-state index contributed by atoms with van der Waals surface area (Å²) in [6.45, 7) is 4.49. The van der Waals surface area contributed by atoms with Crippen LogP contribution in [0.5, 0.6) is 0 Å². The molecule has 80 valence electrons. The Morgan fingerprint density at radius 2 is 2.27 bits per heavy atom. The van der Waals surface area contributed by atoms with Gasteiger partial charge in [0, 0.05) is 24.2 Å². The second kappa shape index (κ2) is 3.53. The first-order valence-corrected chi connectivity index (χ1v) is 5.92. The van der Waals surface area contributed by atoms with Crippen molar-refractivity contribution in [3.05, 3.63) is 29.3 Å². The fourth-order valence-electron chi connectivity index (χ4n) is 2.87. The molecule has 0 aromatic heterocycles. The molecular weight excluding hydrogens is 184 g/mol. The maximum atomic E-state index is 3.66. The maximum Gasteiger partial charge on any atom is 0.0379 e. The summed E-state index contributed by atoms with van der Waals surface area (Å²) in [7, 11) is 0. The van der Waals surface area contributed by atoms with Crippen LogP contribution in [-0.2, 0) is 0 Å². The van der Waals surface area contributed by atoms with Crippen molar-refractivity contribution in [3.63, 3.8) is 0 Å². The first-order valence-electron chi connectivity index (χ1n) is 5.92. The zero-order chi connectivity index (χ0) is 10.3. The van der Waals surface area contributed by atoms with Gasteiger partial charge in [0.25, 0.3) is 0 Å². The molecule has 1 saturated heterocycles. The SMILES string of the molecule is Cc1ccc2c(c1)[C@@H]1CNCCC[C@H]1N2. The van der Waals surface area contributed by atoms with E-state index in [1.807, 2.05) is 0 Å². The predicted octanol–water partition coefficient (Wildman–Crippen LogP) is 2.26. The molecule has 2 N–H and O–H groups in total. The van der Waals surface area contributed by atoms with Gasteiger partial charge in [0.2, 0.25) is 0 Å². The highest BCUT2D eigenvalue weighted by Gasteiger charge is 2.32. The lowest BCUT2D eigenvalue weighted by Gasteiger charge is -2.16. The number of fused-ring (bicyclic) bond motifs is 3. The first-order chi connectivity index (χ1) is 7.34. The maximum absolute atomic E-state index is 3.66. The number of hydrogen-bond donors (Lipinski definition) is 2. The second-order valence-corrected chi connectivity index (χ2v) is 4.79. The van der Waals surface area contributed by atoms with Gasteiger partial charge in [0.15, 0.2) is 0 Å². The molecule has 2 heterocycles. The number of nitrogens with one attached hydrogen (secondary N) is 2. The van der Waals surface area contributed by atoms with Gasteiger partial charge in [-0.3, -0.25) is 0 Å². The van der Waals surface area contributed by atoms with Crippen molar-refractivity contribution >= 4 is 5.69 Å². The third kappa shape index (κ3) is 1.53. The molecule has 0 bridgehead atoms. The molecule has 2 aliphatic rings. The second-order valence-electron chi connectivity index (χ2n) is 4.79. The standard InChI is InChI=1S/C13H18N2/c1-9-4-5-13-10(7-9)11-8-14-6-2-3-12(11)15-13/h4-5,7,11-12,14-15H,2-3,6,8H2,1H3/t11-,12+/m0/s1. The van der Waals surface area contributed by atoms with E-state index in [0.29, 0.717) is 12.0 Å². The van der Waals surface area contributed by atoms with E-state index in [-0.39, 0.29) is 0 Å². The van der Waals surface area contributed by atoms with Crippen molar-refractivity contribution in [1.82, 2.24) is 5.32 Å². The number of benzene rings is 1. The van der Waals surface area contributed by atoms with Crippen LogP contribution in [0.2, 0.25) is 0 Å². The van der Waals surface area contributed by atoms with E-state index in [9.17, 15) is 0 Å². The molecule has 1 fully saturated rings. The Morgan fingerprint density at radius 3 is 3.20 bits per heavy atom. The summed E-state index contributed by atoms with van der Waals surface area (Å²) in [5.41, 5.74) is 4.26. The molecule has 1 aromatic carbocycles. The minimum Gasteiger partial charge on any atom is -0.381 e. The molecule has 1 aromatic rings. The predicted molar refractivity (Wildman–Crippen MR) is 63.4 cm³/mol. The van der Waals surface area contributed by atoms with Crippen LogP contribution in [0.4, 0.5) is 5.69 Å². The van der Waals surface area contributed by atoms with Gasteiger partial charge >= 0.3 is 0 Å². The molecule has 0 spiro atoms. The molecule has 15 heavy (non-hydrogen) atoms. The molecule has 0 radical (unpaired) electrons. The van der Waals surface area contributed by atoms with Crippen molar-refractivity contribution in [3.8, 4) is 0 Å². The minimum atomic E-state index is 0.664. The Morgan fingerprint density at radius 1 is 1.33 bits per heavy atom. The molecule has 0 unspecified atom stereocenters. The molecular formula is C13H18N2. The molecule has 2 heteroatoms. The van der Waals surface area contributed by atoms with Crippen LogP contribution < -0.4 is 10.6 Å². The van der Waals surface area contributed by atoms with Crippen LogP contribution >= 0.6 is 0 Å². The average Bonchev–Trinajstić information content (AvgIpc) is 2.44. The highest BCUT2D eigenvalue weighted by Crippen LogP contribution is 2.38. The normalized spacial score (nSPS) is 28.9. The molecule has 3 rings (SSSR count). The van der Waals surface area contributed by atoms with Crippen LogP contribution in [-0.4, -0.2) is 19.1 Å². The first kappa shape index (κ1) is 9.22. The summed E-state index contributed by atoms with van der Waals surface area (Å²) < 4.78 is 0. The van der Waals surface area contributed by atoms with E-state index in [4.69, 9.17) is 0 Å². The van der Waals surface area contributed by atoms with Gasteiger partial charge in [0.1, 0.15) is 0 Å². The molecule has 0 amide bonds. The van der Waals surface area contributed by atoms with Gasteiger partial charge < -0.3 is 10.6 Å². The summed E-state index contributed by atoms with van der Waals surface area (Å²) in [6.07, 6.45) is 2.59. The Kier molecular flexibility index (Phi) is 2.17. The zero-order valence-corrected chi connectivity index (χ0v) is 9.22. The molecule has 2 nitrogen and oxygen atoms in total. The van der Waals surface area contributed by atoms with E-state index in [1.165, 1.54) is 36.2 Å². The van der Waals surface area contributed by atoms with Gasteiger partial charge in [-0.1, -0.05) is 17.7 Å². The highest BCUT2D eigenvalue weighted by atomic mass is 15.0. The van der Waals surface area contributed by atoms with E-state index in [0.717, 1.165) is 6.54 Å². The van der Waals surface area contributed by atoms with Crippen LogP contribution in [0.3, 0.4) is 0 Å². The summed E-state index contributed by atoms with van der Waals surface area (Å²) in [5, 5.41) is 7.20. The quantitative estimate of drug-likeness (QED) is 0.674. The third-order valence-corrected chi connectivity index (χ3v) is 3.67.